The molecule has 2 rings (SSSR count). The van der Waals surface area contributed by atoms with E-state index in [-0.39, 0.29) is 0 Å². The molecule has 1 N–H and O–H groups in total. The predicted octanol–water partition coefficient (Wildman–Crippen LogP) is 2.66. The second kappa shape index (κ2) is 6.88. The normalized spacial score (nSPS) is 21.1. The first-order valence-corrected chi connectivity index (χ1v) is 11.5. The van der Waals surface area contributed by atoms with Gasteiger partial charge in [-0.1, -0.05) is 49.1 Å². The van der Waals surface area contributed by atoms with Crippen LogP contribution in [-0.4, -0.2) is 39.7 Å². The minimum atomic E-state index is -1.15. The summed E-state index contributed by atoms with van der Waals surface area (Å²) in [5.41, 5.74) is 1.47. The lowest BCUT2D eigenvalue weighted by atomic mass is 9.97. The van der Waals surface area contributed by atoms with E-state index in [4.69, 9.17) is 0 Å². The molecule has 1 unspecified atom stereocenters. The Hall–Kier alpha value is -0.643. The van der Waals surface area contributed by atoms with Gasteiger partial charge in [-0.2, -0.15) is 0 Å². The maximum absolute atomic E-state index is 3.32. The molecular weight excluding hydrogens is 260 g/mol. The van der Waals surface area contributed by atoms with Crippen molar-refractivity contribution in [2.45, 2.75) is 39.0 Å². The fourth-order valence-corrected chi connectivity index (χ4v) is 4.29. The Balaban J connectivity index is 1.93. The number of hydrogen-bond donors (Lipinski definition) is 1. The lowest BCUT2D eigenvalue weighted by Crippen LogP contribution is -2.39. The zero-order chi connectivity index (χ0) is 14.6. The Morgan fingerprint density at radius 1 is 1.20 bits per heavy atom. The summed E-state index contributed by atoms with van der Waals surface area (Å²) in [6.07, 6.45) is 2.73. The van der Waals surface area contributed by atoms with Gasteiger partial charge in [0.2, 0.25) is 0 Å². The first kappa shape index (κ1) is 15.7. The molecule has 112 valence electrons. The molecule has 1 saturated heterocycles. The molecule has 0 spiro atoms. The van der Waals surface area contributed by atoms with Crippen LogP contribution in [0.5, 0.6) is 0 Å². The number of hydrogen-bond acceptors (Lipinski definition) is 2. The van der Waals surface area contributed by atoms with Crippen LogP contribution >= 0.6 is 0 Å². The monoisotopic (exact) mass is 290 g/mol. The summed E-state index contributed by atoms with van der Waals surface area (Å²) in [5.74, 6) is 0.829. The molecular formula is C17H30N2Si. The summed E-state index contributed by atoms with van der Waals surface area (Å²) in [6.45, 7) is 12.0. The Bertz CT molecular complexity index is 406. The van der Waals surface area contributed by atoms with E-state index in [9.17, 15) is 0 Å². The number of likely N-dealkylation sites (tertiary alicyclic amines) is 1. The van der Waals surface area contributed by atoms with Crippen LogP contribution in [0.3, 0.4) is 0 Å². The highest BCUT2D eigenvalue weighted by Crippen LogP contribution is 2.18. The number of nitrogens with zero attached hydrogens (tertiary/aromatic N) is 1. The summed E-state index contributed by atoms with van der Waals surface area (Å²) in [5, 5.41) is 4.89. The quantitative estimate of drug-likeness (QED) is 0.839. The third-order valence-electron chi connectivity index (χ3n) is 4.32. The molecule has 0 radical (unpaired) electrons. The zero-order valence-electron chi connectivity index (χ0n) is 13.6. The fraction of sp³-hybridized carbons (Fsp3) is 0.647. The zero-order valence-corrected chi connectivity index (χ0v) is 14.6. The van der Waals surface area contributed by atoms with E-state index >= 15 is 0 Å². The third kappa shape index (κ3) is 4.44. The van der Waals surface area contributed by atoms with Crippen LogP contribution in [0.2, 0.25) is 19.6 Å². The van der Waals surface area contributed by atoms with E-state index in [2.05, 4.69) is 61.2 Å². The molecule has 3 heteroatoms. The van der Waals surface area contributed by atoms with E-state index in [1.54, 1.807) is 5.19 Å². The Labute approximate surface area is 125 Å². The number of rotatable bonds is 5. The highest BCUT2D eigenvalue weighted by atomic mass is 28.3. The van der Waals surface area contributed by atoms with Crippen molar-refractivity contribution in [3.8, 4) is 0 Å². The minimum absolute atomic E-state index is 0.829. The summed E-state index contributed by atoms with van der Waals surface area (Å²) in [4.78, 5) is 2.62. The summed E-state index contributed by atoms with van der Waals surface area (Å²) in [6, 6.07) is 9.40. The van der Waals surface area contributed by atoms with Gasteiger partial charge in [0.15, 0.2) is 0 Å². The van der Waals surface area contributed by atoms with Crippen molar-refractivity contribution >= 4 is 13.3 Å². The number of benzene rings is 1. The lowest BCUT2D eigenvalue weighted by molar-refractivity contribution is 0.167. The van der Waals surface area contributed by atoms with E-state index in [1.165, 1.54) is 31.5 Å². The van der Waals surface area contributed by atoms with Crippen molar-refractivity contribution in [2.75, 3.05) is 26.7 Å². The van der Waals surface area contributed by atoms with Gasteiger partial charge in [0, 0.05) is 13.1 Å². The molecule has 1 heterocycles. The van der Waals surface area contributed by atoms with Crippen molar-refractivity contribution in [1.29, 1.82) is 0 Å². The maximum Gasteiger partial charge on any atom is 0.0775 e. The van der Waals surface area contributed by atoms with Crippen LogP contribution in [0.25, 0.3) is 0 Å². The summed E-state index contributed by atoms with van der Waals surface area (Å²) < 4.78 is 0. The van der Waals surface area contributed by atoms with E-state index < -0.39 is 8.07 Å². The van der Waals surface area contributed by atoms with Crippen LogP contribution < -0.4 is 10.5 Å². The van der Waals surface area contributed by atoms with Gasteiger partial charge < -0.3 is 5.32 Å². The Morgan fingerprint density at radius 3 is 2.50 bits per heavy atom. The Kier molecular flexibility index (Phi) is 5.41. The van der Waals surface area contributed by atoms with Gasteiger partial charge in [-0.05, 0) is 44.5 Å². The van der Waals surface area contributed by atoms with Crippen molar-refractivity contribution in [3.05, 3.63) is 29.8 Å². The summed E-state index contributed by atoms with van der Waals surface area (Å²) in [7, 11) is 0.911. The van der Waals surface area contributed by atoms with Gasteiger partial charge in [0.25, 0.3) is 0 Å². The smallest absolute Gasteiger partial charge is 0.0775 e. The van der Waals surface area contributed by atoms with Crippen LogP contribution in [-0.2, 0) is 6.54 Å². The molecule has 0 saturated carbocycles. The standard InChI is InChI=1S/C17H30N2Si/c1-18-12-16-6-5-11-19(14-16)13-15-7-9-17(10-8-15)20(2,3)4/h7-10,16,18H,5-6,11-14H2,1-4H3. The lowest BCUT2D eigenvalue weighted by Gasteiger charge is -2.32. The fourth-order valence-electron chi connectivity index (χ4n) is 3.12. The molecule has 2 nitrogen and oxygen atoms in total. The Morgan fingerprint density at radius 2 is 1.90 bits per heavy atom. The highest BCUT2D eigenvalue weighted by molar-refractivity contribution is 6.88. The van der Waals surface area contributed by atoms with Crippen LogP contribution in [0.15, 0.2) is 24.3 Å². The average Bonchev–Trinajstić information content (AvgIpc) is 2.39. The van der Waals surface area contributed by atoms with E-state index in [1.807, 2.05) is 0 Å². The van der Waals surface area contributed by atoms with Gasteiger partial charge >= 0.3 is 0 Å². The van der Waals surface area contributed by atoms with Gasteiger partial charge in [0.1, 0.15) is 0 Å². The maximum atomic E-state index is 3.32. The van der Waals surface area contributed by atoms with Crippen molar-refractivity contribution in [1.82, 2.24) is 10.2 Å². The topological polar surface area (TPSA) is 15.3 Å². The first-order chi connectivity index (χ1) is 9.49. The molecule has 0 bridgehead atoms. The number of piperidine rings is 1. The van der Waals surface area contributed by atoms with Crippen molar-refractivity contribution < 1.29 is 0 Å². The third-order valence-corrected chi connectivity index (χ3v) is 6.39. The second-order valence-electron chi connectivity index (χ2n) is 7.25. The van der Waals surface area contributed by atoms with Crippen LogP contribution in [0.4, 0.5) is 0 Å². The van der Waals surface area contributed by atoms with E-state index in [0.717, 1.165) is 19.0 Å². The van der Waals surface area contributed by atoms with Crippen molar-refractivity contribution in [2.24, 2.45) is 5.92 Å². The van der Waals surface area contributed by atoms with Crippen molar-refractivity contribution in [3.63, 3.8) is 0 Å². The molecule has 20 heavy (non-hydrogen) atoms. The molecule has 1 atom stereocenters. The molecule has 1 aliphatic rings. The van der Waals surface area contributed by atoms with Crippen LogP contribution in [0, 0.1) is 5.92 Å². The average molecular weight is 291 g/mol. The number of nitrogens with one attached hydrogen (secondary N) is 1. The molecule has 0 aliphatic carbocycles. The van der Waals surface area contributed by atoms with Crippen LogP contribution in [0.1, 0.15) is 18.4 Å². The molecule has 1 fully saturated rings. The molecule has 0 amide bonds. The predicted molar refractivity (Wildman–Crippen MR) is 91.3 cm³/mol. The molecule has 1 aliphatic heterocycles. The molecule has 0 aromatic heterocycles. The van der Waals surface area contributed by atoms with Gasteiger partial charge in [-0.25, -0.2) is 0 Å². The van der Waals surface area contributed by atoms with Gasteiger partial charge in [-0.15, -0.1) is 0 Å². The minimum Gasteiger partial charge on any atom is -0.319 e. The van der Waals surface area contributed by atoms with Gasteiger partial charge in [0.05, 0.1) is 8.07 Å². The SMILES string of the molecule is CNCC1CCCN(Cc2ccc([Si](C)(C)C)cc2)C1. The molecule has 1 aromatic carbocycles. The molecule has 1 aromatic rings. The second-order valence-corrected chi connectivity index (χ2v) is 12.3. The highest BCUT2D eigenvalue weighted by Gasteiger charge is 2.20. The van der Waals surface area contributed by atoms with E-state index in [0.29, 0.717) is 0 Å². The summed E-state index contributed by atoms with van der Waals surface area (Å²) >= 11 is 0. The largest absolute Gasteiger partial charge is 0.319 e. The first-order valence-electron chi connectivity index (χ1n) is 7.95. The van der Waals surface area contributed by atoms with Gasteiger partial charge in [-0.3, -0.25) is 4.90 Å².